The Morgan fingerprint density at radius 1 is 1.25 bits per heavy atom. The topological polar surface area (TPSA) is 72.3 Å². The Hall–Kier alpha value is -2.43. The van der Waals surface area contributed by atoms with Gasteiger partial charge in [-0.2, -0.15) is 0 Å². The smallest absolute Gasteiger partial charge is 0.449 e. The molecule has 0 saturated carbocycles. The highest BCUT2D eigenvalue weighted by molar-refractivity contribution is 5.70. The van der Waals surface area contributed by atoms with Crippen LogP contribution in [0.15, 0.2) is 42.9 Å². The second-order valence-electron chi connectivity index (χ2n) is 2.97. The van der Waals surface area contributed by atoms with Gasteiger partial charge in [-0.25, -0.2) is 14.8 Å². The summed E-state index contributed by atoms with van der Waals surface area (Å²) in [6.45, 7) is 0. The summed E-state index contributed by atoms with van der Waals surface area (Å²) in [6, 6.07) is 9.17. The van der Waals surface area contributed by atoms with Crippen LogP contribution in [0, 0.1) is 0 Å². The molecule has 0 bridgehead atoms. The van der Waals surface area contributed by atoms with E-state index < -0.39 is 6.16 Å². The van der Waals surface area contributed by atoms with E-state index in [4.69, 9.17) is 5.11 Å². The van der Waals surface area contributed by atoms with Crippen molar-refractivity contribution in [1.82, 2.24) is 9.97 Å². The molecule has 80 valence electrons. The van der Waals surface area contributed by atoms with Gasteiger partial charge in [0.15, 0.2) is 5.75 Å². The van der Waals surface area contributed by atoms with E-state index in [0.29, 0.717) is 5.69 Å². The summed E-state index contributed by atoms with van der Waals surface area (Å²) < 4.78 is 4.59. The number of carboxylic acid groups (broad SMARTS) is 1. The van der Waals surface area contributed by atoms with Gasteiger partial charge in [-0.1, -0.05) is 30.3 Å². The number of ether oxygens (including phenoxy) is 1. The first kappa shape index (κ1) is 10.1. The monoisotopic (exact) mass is 216 g/mol. The largest absolute Gasteiger partial charge is 0.511 e. The predicted molar refractivity (Wildman–Crippen MR) is 56.1 cm³/mol. The first-order valence-corrected chi connectivity index (χ1v) is 4.53. The molecule has 5 nitrogen and oxygen atoms in total. The first-order valence-electron chi connectivity index (χ1n) is 4.53. The fourth-order valence-electron chi connectivity index (χ4n) is 1.30. The van der Waals surface area contributed by atoms with E-state index in [-0.39, 0.29) is 5.75 Å². The predicted octanol–water partition coefficient (Wildman–Crippen LogP) is 2.20. The Kier molecular flexibility index (Phi) is 2.77. The van der Waals surface area contributed by atoms with Crippen LogP contribution in [0.5, 0.6) is 5.75 Å². The number of benzene rings is 1. The fraction of sp³-hybridized carbons (Fsp3) is 0. The third-order valence-corrected chi connectivity index (χ3v) is 1.92. The van der Waals surface area contributed by atoms with Crippen LogP contribution in [-0.4, -0.2) is 21.2 Å². The van der Waals surface area contributed by atoms with E-state index in [1.165, 1.54) is 12.5 Å². The van der Waals surface area contributed by atoms with Gasteiger partial charge < -0.3 is 9.84 Å². The molecule has 2 aromatic rings. The molecule has 1 aromatic heterocycles. The maximum atomic E-state index is 10.5. The van der Waals surface area contributed by atoms with Crippen molar-refractivity contribution < 1.29 is 14.6 Å². The Morgan fingerprint density at radius 2 is 2.00 bits per heavy atom. The number of aromatic nitrogens is 2. The fourth-order valence-corrected chi connectivity index (χ4v) is 1.30. The van der Waals surface area contributed by atoms with Crippen LogP contribution in [0.4, 0.5) is 4.79 Å². The third-order valence-electron chi connectivity index (χ3n) is 1.92. The maximum absolute atomic E-state index is 10.5. The zero-order valence-corrected chi connectivity index (χ0v) is 8.20. The summed E-state index contributed by atoms with van der Waals surface area (Å²) >= 11 is 0. The molecule has 0 unspecified atom stereocenters. The van der Waals surface area contributed by atoms with Crippen molar-refractivity contribution >= 4 is 6.16 Å². The third kappa shape index (κ3) is 2.14. The minimum absolute atomic E-state index is 0.126. The van der Waals surface area contributed by atoms with Gasteiger partial charge in [0.25, 0.3) is 0 Å². The number of hydrogen-bond acceptors (Lipinski definition) is 4. The van der Waals surface area contributed by atoms with Gasteiger partial charge in [0.1, 0.15) is 12.0 Å². The van der Waals surface area contributed by atoms with E-state index in [1.807, 2.05) is 30.3 Å². The van der Waals surface area contributed by atoms with Crippen molar-refractivity contribution in [2.75, 3.05) is 0 Å². The molecule has 0 saturated heterocycles. The van der Waals surface area contributed by atoms with Gasteiger partial charge in [-0.15, -0.1) is 0 Å². The van der Waals surface area contributed by atoms with Crippen molar-refractivity contribution in [3.8, 4) is 17.0 Å². The van der Waals surface area contributed by atoms with Gasteiger partial charge in [0.05, 0.1) is 6.20 Å². The minimum atomic E-state index is -1.38. The zero-order valence-electron chi connectivity index (χ0n) is 8.20. The average Bonchev–Trinajstić information content (AvgIpc) is 2.30. The van der Waals surface area contributed by atoms with Crippen LogP contribution in [0.1, 0.15) is 0 Å². The van der Waals surface area contributed by atoms with Crippen molar-refractivity contribution in [1.29, 1.82) is 0 Å². The second kappa shape index (κ2) is 4.39. The highest BCUT2D eigenvalue weighted by atomic mass is 16.7. The second-order valence-corrected chi connectivity index (χ2v) is 2.97. The van der Waals surface area contributed by atoms with Crippen LogP contribution in [0.2, 0.25) is 0 Å². The van der Waals surface area contributed by atoms with E-state index in [9.17, 15) is 4.79 Å². The lowest BCUT2D eigenvalue weighted by Gasteiger charge is -2.05. The quantitative estimate of drug-likeness (QED) is 0.779. The van der Waals surface area contributed by atoms with Crippen LogP contribution >= 0.6 is 0 Å². The minimum Gasteiger partial charge on any atom is -0.449 e. The molecule has 2 rings (SSSR count). The SMILES string of the molecule is O=C(O)Oc1cncnc1-c1ccccc1. The number of nitrogens with zero attached hydrogens (tertiary/aromatic N) is 2. The zero-order chi connectivity index (χ0) is 11.4. The molecule has 5 heteroatoms. The van der Waals surface area contributed by atoms with Crippen molar-refractivity contribution in [2.24, 2.45) is 0 Å². The van der Waals surface area contributed by atoms with Crippen molar-refractivity contribution in [2.45, 2.75) is 0 Å². The molecule has 1 N–H and O–H groups in total. The molecule has 0 aliphatic carbocycles. The maximum Gasteiger partial charge on any atom is 0.511 e. The van der Waals surface area contributed by atoms with Gasteiger partial charge >= 0.3 is 6.16 Å². The van der Waals surface area contributed by atoms with E-state index in [2.05, 4.69) is 14.7 Å². The Balaban J connectivity index is 2.44. The molecule has 0 radical (unpaired) electrons. The van der Waals surface area contributed by atoms with Crippen LogP contribution < -0.4 is 4.74 Å². The summed E-state index contributed by atoms with van der Waals surface area (Å²) in [7, 11) is 0. The van der Waals surface area contributed by atoms with Crippen molar-refractivity contribution in [3.63, 3.8) is 0 Å². The van der Waals surface area contributed by atoms with Crippen LogP contribution in [0.25, 0.3) is 11.3 Å². The standard InChI is InChI=1S/C11H8N2O3/c14-11(15)16-9-6-12-7-13-10(9)8-4-2-1-3-5-8/h1-7H,(H,14,15). The first-order chi connectivity index (χ1) is 7.77. The molecule has 1 heterocycles. The molecule has 0 aliphatic rings. The molecule has 0 amide bonds. The number of hydrogen-bond donors (Lipinski definition) is 1. The van der Waals surface area contributed by atoms with Crippen LogP contribution in [-0.2, 0) is 0 Å². The number of carbonyl (C=O) groups is 1. The molecule has 16 heavy (non-hydrogen) atoms. The van der Waals surface area contributed by atoms with Gasteiger partial charge in [-0.3, -0.25) is 0 Å². The van der Waals surface area contributed by atoms with Crippen LogP contribution in [0.3, 0.4) is 0 Å². The van der Waals surface area contributed by atoms with Gasteiger partial charge in [0.2, 0.25) is 0 Å². The summed E-state index contributed by atoms with van der Waals surface area (Å²) in [5.74, 6) is 0.126. The molecule has 0 spiro atoms. The van der Waals surface area contributed by atoms with Gasteiger partial charge in [-0.05, 0) is 0 Å². The Labute approximate surface area is 91.4 Å². The lowest BCUT2D eigenvalue weighted by Crippen LogP contribution is -2.05. The van der Waals surface area contributed by atoms with Gasteiger partial charge in [0, 0.05) is 5.56 Å². The lowest BCUT2D eigenvalue weighted by molar-refractivity contribution is 0.144. The van der Waals surface area contributed by atoms with E-state index in [1.54, 1.807) is 0 Å². The van der Waals surface area contributed by atoms with E-state index >= 15 is 0 Å². The molecule has 0 fully saturated rings. The highest BCUT2D eigenvalue weighted by Crippen LogP contribution is 2.26. The summed E-state index contributed by atoms with van der Waals surface area (Å²) in [6.07, 6.45) is 1.28. The Bertz CT molecular complexity index is 500. The molecule has 0 aliphatic heterocycles. The normalized spacial score (nSPS) is 9.75. The number of rotatable bonds is 2. The molecule has 1 aromatic carbocycles. The lowest BCUT2D eigenvalue weighted by atomic mass is 10.1. The highest BCUT2D eigenvalue weighted by Gasteiger charge is 2.10. The molecule has 0 atom stereocenters. The summed E-state index contributed by atoms with van der Waals surface area (Å²) in [5.41, 5.74) is 1.24. The summed E-state index contributed by atoms with van der Waals surface area (Å²) in [4.78, 5) is 18.2. The average molecular weight is 216 g/mol. The van der Waals surface area contributed by atoms with E-state index in [0.717, 1.165) is 5.56 Å². The van der Waals surface area contributed by atoms with Crippen molar-refractivity contribution in [3.05, 3.63) is 42.9 Å². The Morgan fingerprint density at radius 3 is 2.69 bits per heavy atom. The molecular formula is C11H8N2O3. The molecular weight excluding hydrogens is 208 g/mol. The summed E-state index contributed by atoms with van der Waals surface area (Å²) in [5, 5.41) is 8.56.